The van der Waals surface area contributed by atoms with Gasteiger partial charge < -0.3 is 9.64 Å². The second-order valence-electron chi connectivity index (χ2n) is 6.12. The molecule has 22 heavy (non-hydrogen) atoms. The molecule has 1 amide bonds. The Labute approximate surface area is 134 Å². The molecule has 2 fully saturated rings. The van der Waals surface area contributed by atoms with Crippen molar-refractivity contribution in [3.8, 4) is 0 Å². The molecule has 4 rings (SSSR count). The number of rotatable bonds is 2. The molecule has 1 unspecified atom stereocenters. The van der Waals surface area contributed by atoms with Crippen molar-refractivity contribution in [1.82, 2.24) is 9.88 Å². The fourth-order valence-corrected chi connectivity index (χ4v) is 4.52. The van der Waals surface area contributed by atoms with Crippen molar-refractivity contribution in [2.24, 2.45) is 0 Å². The number of para-hydroxylation sites is 1. The molecule has 0 N–H and O–H groups in total. The Morgan fingerprint density at radius 2 is 2.05 bits per heavy atom. The second-order valence-corrected chi connectivity index (χ2v) is 7.18. The molecule has 0 radical (unpaired) electrons. The number of benzene rings is 1. The topological polar surface area (TPSA) is 42.4 Å². The third-order valence-electron chi connectivity index (χ3n) is 4.67. The van der Waals surface area contributed by atoms with E-state index in [9.17, 15) is 4.79 Å². The van der Waals surface area contributed by atoms with Gasteiger partial charge in [-0.05, 0) is 37.8 Å². The smallest absolute Gasteiger partial charge is 0.251 e. The maximum absolute atomic E-state index is 12.4. The standard InChI is InChI=1S/C17H20N2O2S/c20-17(14-5-3-11-21-14)19-9-7-12(8-10-19)16-18-13-4-1-2-6-15(13)22-16/h1-2,4,6,12,14H,3,5,7-11H2. The fourth-order valence-electron chi connectivity index (χ4n) is 3.39. The number of amides is 1. The van der Waals surface area contributed by atoms with E-state index in [4.69, 9.17) is 9.72 Å². The lowest BCUT2D eigenvalue weighted by atomic mass is 9.97. The zero-order valence-corrected chi connectivity index (χ0v) is 13.3. The number of fused-ring (bicyclic) bond motifs is 1. The first-order valence-corrected chi connectivity index (χ1v) is 8.89. The lowest BCUT2D eigenvalue weighted by Crippen LogP contribution is -2.43. The summed E-state index contributed by atoms with van der Waals surface area (Å²) in [6, 6.07) is 8.31. The van der Waals surface area contributed by atoms with Gasteiger partial charge in [-0.3, -0.25) is 4.79 Å². The summed E-state index contributed by atoms with van der Waals surface area (Å²) < 4.78 is 6.78. The van der Waals surface area contributed by atoms with Crippen LogP contribution in [0, 0.1) is 0 Å². The van der Waals surface area contributed by atoms with Crippen molar-refractivity contribution < 1.29 is 9.53 Å². The van der Waals surface area contributed by atoms with Crippen molar-refractivity contribution in [3.63, 3.8) is 0 Å². The summed E-state index contributed by atoms with van der Waals surface area (Å²) >= 11 is 1.80. The summed E-state index contributed by atoms with van der Waals surface area (Å²) in [4.78, 5) is 19.1. The number of piperidine rings is 1. The van der Waals surface area contributed by atoms with Gasteiger partial charge in [0.15, 0.2) is 0 Å². The Hall–Kier alpha value is -1.46. The van der Waals surface area contributed by atoms with Crippen LogP contribution in [0.2, 0.25) is 0 Å². The van der Waals surface area contributed by atoms with E-state index in [0.29, 0.717) is 5.92 Å². The van der Waals surface area contributed by atoms with Gasteiger partial charge in [-0.15, -0.1) is 11.3 Å². The lowest BCUT2D eigenvalue weighted by Gasteiger charge is -2.32. The van der Waals surface area contributed by atoms with Crippen LogP contribution in [0.5, 0.6) is 0 Å². The molecule has 0 spiro atoms. The van der Waals surface area contributed by atoms with Gasteiger partial charge in [0.05, 0.1) is 15.2 Å². The first-order chi connectivity index (χ1) is 10.8. The molecule has 3 heterocycles. The van der Waals surface area contributed by atoms with Crippen LogP contribution in [-0.2, 0) is 9.53 Å². The first kappa shape index (κ1) is 14.2. The molecule has 1 aromatic carbocycles. The number of aromatic nitrogens is 1. The molecule has 1 atom stereocenters. The van der Waals surface area contributed by atoms with Crippen LogP contribution in [-0.4, -0.2) is 41.6 Å². The molecule has 2 aliphatic heterocycles. The lowest BCUT2D eigenvalue weighted by molar-refractivity contribution is -0.142. The van der Waals surface area contributed by atoms with E-state index in [1.54, 1.807) is 11.3 Å². The number of thiazole rings is 1. The minimum Gasteiger partial charge on any atom is -0.368 e. The van der Waals surface area contributed by atoms with E-state index in [2.05, 4.69) is 18.2 Å². The van der Waals surface area contributed by atoms with Crippen LogP contribution < -0.4 is 0 Å². The van der Waals surface area contributed by atoms with Crippen molar-refractivity contribution in [1.29, 1.82) is 0 Å². The average molecular weight is 316 g/mol. The predicted octanol–water partition coefficient (Wildman–Crippen LogP) is 3.18. The minimum atomic E-state index is -0.181. The van der Waals surface area contributed by atoms with Crippen molar-refractivity contribution >= 4 is 27.5 Å². The number of likely N-dealkylation sites (tertiary alicyclic amines) is 1. The molecular formula is C17H20N2O2S. The first-order valence-electron chi connectivity index (χ1n) is 8.07. The van der Waals surface area contributed by atoms with Gasteiger partial charge >= 0.3 is 0 Å². The van der Waals surface area contributed by atoms with E-state index in [1.807, 2.05) is 11.0 Å². The Morgan fingerprint density at radius 1 is 1.23 bits per heavy atom. The molecule has 1 aromatic heterocycles. The van der Waals surface area contributed by atoms with Crippen LogP contribution in [0.4, 0.5) is 0 Å². The molecule has 0 bridgehead atoms. The highest BCUT2D eigenvalue weighted by Gasteiger charge is 2.31. The Bertz CT molecular complexity index is 637. The zero-order valence-electron chi connectivity index (χ0n) is 12.5. The molecule has 0 saturated carbocycles. The Balaban J connectivity index is 1.41. The maximum atomic E-state index is 12.4. The van der Waals surface area contributed by atoms with Gasteiger partial charge in [-0.25, -0.2) is 4.98 Å². The summed E-state index contributed by atoms with van der Waals surface area (Å²) in [6.45, 7) is 2.40. The number of hydrogen-bond donors (Lipinski definition) is 0. The van der Waals surface area contributed by atoms with Crippen molar-refractivity contribution in [2.75, 3.05) is 19.7 Å². The van der Waals surface area contributed by atoms with Gasteiger partial charge in [0.1, 0.15) is 6.10 Å². The summed E-state index contributed by atoms with van der Waals surface area (Å²) in [7, 11) is 0. The van der Waals surface area contributed by atoms with Gasteiger partial charge in [0, 0.05) is 25.6 Å². The summed E-state index contributed by atoms with van der Waals surface area (Å²) in [5.74, 6) is 0.686. The quantitative estimate of drug-likeness (QED) is 0.854. The predicted molar refractivity (Wildman–Crippen MR) is 87.1 cm³/mol. The van der Waals surface area contributed by atoms with Crippen molar-refractivity contribution in [3.05, 3.63) is 29.3 Å². The zero-order chi connectivity index (χ0) is 14.9. The normalized spacial score (nSPS) is 23.3. The second kappa shape index (κ2) is 5.97. The molecule has 5 heteroatoms. The molecule has 0 aliphatic carbocycles. The number of carbonyl (C=O) groups is 1. The largest absolute Gasteiger partial charge is 0.368 e. The minimum absolute atomic E-state index is 0.181. The maximum Gasteiger partial charge on any atom is 0.251 e. The molecule has 2 saturated heterocycles. The fraction of sp³-hybridized carbons (Fsp3) is 0.529. The SMILES string of the molecule is O=C(C1CCCO1)N1CCC(c2nc3ccccc3s2)CC1. The Morgan fingerprint density at radius 3 is 2.77 bits per heavy atom. The highest BCUT2D eigenvalue weighted by atomic mass is 32.1. The number of carbonyl (C=O) groups excluding carboxylic acids is 1. The Kier molecular flexibility index (Phi) is 3.84. The van der Waals surface area contributed by atoms with Crippen LogP contribution >= 0.6 is 11.3 Å². The van der Waals surface area contributed by atoms with Crippen LogP contribution in [0.1, 0.15) is 36.6 Å². The molecule has 116 valence electrons. The van der Waals surface area contributed by atoms with E-state index >= 15 is 0 Å². The highest BCUT2D eigenvalue weighted by Crippen LogP contribution is 2.34. The van der Waals surface area contributed by atoms with E-state index < -0.39 is 0 Å². The van der Waals surface area contributed by atoms with Gasteiger partial charge in [0.2, 0.25) is 0 Å². The summed E-state index contributed by atoms with van der Waals surface area (Å²) in [5.41, 5.74) is 1.10. The molecular weight excluding hydrogens is 296 g/mol. The van der Waals surface area contributed by atoms with E-state index in [-0.39, 0.29) is 12.0 Å². The van der Waals surface area contributed by atoms with Crippen LogP contribution in [0.25, 0.3) is 10.2 Å². The summed E-state index contributed by atoms with van der Waals surface area (Å²) in [5, 5.41) is 1.23. The number of ether oxygens (including phenoxy) is 1. The highest BCUT2D eigenvalue weighted by molar-refractivity contribution is 7.18. The van der Waals surface area contributed by atoms with Crippen LogP contribution in [0.3, 0.4) is 0 Å². The van der Waals surface area contributed by atoms with Crippen LogP contribution in [0.15, 0.2) is 24.3 Å². The third kappa shape index (κ3) is 2.63. The number of hydrogen-bond acceptors (Lipinski definition) is 4. The van der Waals surface area contributed by atoms with Gasteiger partial charge in [-0.2, -0.15) is 0 Å². The third-order valence-corrected chi connectivity index (χ3v) is 5.87. The van der Waals surface area contributed by atoms with Gasteiger partial charge in [0.25, 0.3) is 5.91 Å². The molecule has 2 aromatic rings. The monoisotopic (exact) mass is 316 g/mol. The van der Waals surface area contributed by atoms with E-state index in [1.165, 1.54) is 9.71 Å². The molecule has 2 aliphatic rings. The number of nitrogens with zero attached hydrogens (tertiary/aromatic N) is 2. The van der Waals surface area contributed by atoms with E-state index in [0.717, 1.165) is 50.9 Å². The average Bonchev–Trinajstić information content (AvgIpc) is 3.23. The van der Waals surface area contributed by atoms with Gasteiger partial charge in [-0.1, -0.05) is 12.1 Å². The van der Waals surface area contributed by atoms with Crippen molar-refractivity contribution in [2.45, 2.75) is 37.7 Å². The molecule has 4 nitrogen and oxygen atoms in total. The summed E-state index contributed by atoms with van der Waals surface area (Å²) in [6.07, 6.45) is 3.74.